The van der Waals surface area contributed by atoms with Crippen LogP contribution in [-0.4, -0.2) is 36.5 Å². The molecule has 0 bridgehead atoms. The maximum absolute atomic E-state index is 13.5. The van der Waals surface area contributed by atoms with Crippen LogP contribution in [0.1, 0.15) is 12.5 Å². The van der Waals surface area contributed by atoms with Gasteiger partial charge in [-0.3, -0.25) is 9.59 Å². The van der Waals surface area contributed by atoms with Crippen molar-refractivity contribution in [3.8, 4) is 0 Å². The summed E-state index contributed by atoms with van der Waals surface area (Å²) in [5.74, 6) is -1.27. The molecule has 4 nitrogen and oxygen atoms in total. The molecule has 0 aliphatic heterocycles. The lowest BCUT2D eigenvalue weighted by Gasteiger charge is -2.20. The summed E-state index contributed by atoms with van der Waals surface area (Å²) in [6.07, 6.45) is 1.42. The number of benzene rings is 1. The topological polar surface area (TPSA) is 46.6 Å². The normalized spacial score (nSPS) is 9.90. The number of amides is 1. The Bertz CT molecular complexity index is 488. The first kappa shape index (κ1) is 15.9. The molecule has 0 saturated heterocycles. The quantitative estimate of drug-likeness (QED) is 0.566. The Kier molecular flexibility index (Phi) is 6.43. The molecule has 0 aromatic heterocycles. The van der Waals surface area contributed by atoms with Gasteiger partial charge in [0.2, 0.25) is 5.91 Å². The second-order valence-electron chi connectivity index (χ2n) is 4.14. The molecule has 0 fully saturated rings. The summed E-state index contributed by atoms with van der Waals surface area (Å²) in [5.41, 5.74) is 0.301. The number of ether oxygens (including phenoxy) is 1. The number of hydrogen-bond donors (Lipinski definition) is 0. The van der Waals surface area contributed by atoms with Gasteiger partial charge in [0.05, 0.1) is 13.0 Å². The molecular formula is C15H18FNO3. The fraction of sp³-hybridized carbons (Fsp3) is 0.333. The molecular weight excluding hydrogens is 261 g/mol. The summed E-state index contributed by atoms with van der Waals surface area (Å²) in [6.45, 7) is 5.54. The van der Waals surface area contributed by atoms with Crippen molar-refractivity contribution in [1.82, 2.24) is 4.90 Å². The Morgan fingerprint density at radius 3 is 2.70 bits per heavy atom. The summed E-state index contributed by atoms with van der Waals surface area (Å²) in [4.78, 5) is 24.8. The SMILES string of the molecule is C=CCN(CC(=O)OCC)C(=O)Cc1ccccc1F. The van der Waals surface area contributed by atoms with E-state index in [-0.39, 0.29) is 32.0 Å². The highest BCUT2D eigenvalue weighted by Gasteiger charge is 2.18. The van der Waals surface area contributed by atoms with Crippen LogP contribution in [-0.2, 0) is 20.7 Å². The highest BCUT2D eigenvalue weighted by atomic mass is 19.1. The molecule has 5 heteroatoms. The van der Waals surface area contributed by atoms with Crippen molar-refractivity contribution in [2.45, 2.75) is 13.3 Å². The molecule has 1 aromatic carbocycles. The molecule has 0 unspecified atom stereocenters. The average molecular weight is 279 g/mol. The van der Waals surface area contributed by atoms with Crippen molar-refractivity contribution in [2.24, 2.45) is 0 Å². The van der Waals surface area contributed by atoms with Crippen LogP contribution in [0, 0.1) is 5.82 Å². The van der Waals surface area contributed by atoms with Crippen LogP contribution >= 0.6 is 0 Å². The van der Waals surface area contributed by atoms with Crippen molar-refractivity contribution >= 4 is 11.9 Å². The van der Waals surface area contributed by atoms with Gasteiger partial charge in [-0.25, -0.2) is 4.39 Å². The van der Waals surface area contributed by atoms with Crippen LogP contribution < -0.4 is 0 Å². The third-order valence-corrected chi connectivity index (χ3v) is 2.63. The monoisotopic (exact) mass is 279 g/mol. The molecule has 0 aliphatic carbocycles. The van der Waals surface area contributed by atoms with E-state index in [0.29, 0.717) is 5.56 Å². The number of esters is 1. The Morgan fingerprint density at radius 2 is 2.10 bits per heavy atom. The van der Waals surface area contributed by atoms with E-state index >= 15 is 0 Å². The number of halogens is 1. The van der Waals surface area contributed by atoms with Gasteiger partial charge in [-0.2, -0.15) is 0 Å². The lowest BCUT2D eigenvalue weighted by atomic mass is 10.1. The fourth-order valence-electron chi connectivity index (χ4n) is 1.69. The Labute approximate surface area is 117 Å². The molecule has 1 aromatic rings. The van der Waals surface area contributed by atoms with E-state index in [1.165, 1.54) is 17.0 Å². The average Bonchev–Trinajstić information content (AvgIpc) is 2.41. The standard InChI is InChI=1S/C15H18FNO3/c1-3-9-17(11-15(19)20-4-2)14(18)10-12-7-5-6-8-13(12)16/h3,5-8H,1,4,9-11H2,2H3. The predicted molar refractivity (Wildman–Crippen MR) is 73.5 cm³/mol. The van der Waals surface area contributed by atoms with E-state index in [0.717, 1.165) is 0 Å². The van der Waals surface area contributed by atoms with E-state index in [1.54, 1.807) is 25.1 Å². The van der Waals surface area contributed by atoms with Gasteiger partial charge >= 0.3 is 5.97 Å². The van der Waals surface area contributed by atoms with Crippen molar-refractivity contribution in [3.63, 3.8) is 0 Å². The number of carbonyl (C=O) groups is 2. The first-order valence-corrected chi connectivity index (χ1v) is 6.36. The summed E-state index contributed by atoms with van der Waals surface area (Å²) < 4.78 is 18.3. The zero-order valence-electron chi connectivity index (χ0n) is 11.5. The minimum atomic E-state index is -0.490. The maximum Gasteiger partial charge on any atom is 0.325 e. The molecule has 0 atom stereocenters. The number of carbonyl (C=O) groups excluding carboxylic acids is 2. The van der Waals surface area contributed by atoms with Gasteiger partial charge in [0.25, 0.3) is 0 Å². The van der Waals surface area contributed by atoms with Crippen molar-refractivity contribution in [3.05, 3.63) is 48.3 Å². The third-order valence-electron chi connectivity index (χ3n) is 2.63. The molecule has 0 saturated carbocycles. The molecule has 0 spiro atoms. The van der Waals surface area contributed by atoms with E-state index < -0.39 is 11.8 Å². The molecule has 0 radical (unpaired) electrons. The highest BCUT2D eigenvalue weighted by Crippen LogP contribution is 2.09. The second kappa shape index (κ2) is 8.09. The molecule has 20 heavy (non-hydrogen) atoms. The zero-order valence-corrected chi connectivity index (χ0v) is 11.5. The zero-order chi connectivity index (χ0) is 15.0. The van der Waals surface area contributed by atoms with Gasteiger partial charge in [-0.1, -0.05) is 24.3 Å². The fourth-order valence-corrected chi connectivity index (χ4v) is 1.69. The Morgan fingerprint density at radius 1 is 1.40 bits per heavy atom. The van der Waals surface area contributed by atoms with E-state index in [1.807, 2.05) is 0 Å². The van der Waals surface area contributed by atoms with Crippen molar-refractivity contribution in [1.29, 1.82) is 0 Å². The number of hydrogen-bond acceptors (Lipinski definition) is 3. The van der Waals surface area contributed by atoms with E-state index in [4.69, 9.17) is 4.74 Å². The number of nitrogens with zero attached hydrogens (tertiary/aromatic N) is 1. The molecule has 1 rings (SSSR count). The van der Waals surface area contributed by atoms with Gasteiger partial charge in [0.15, 0.2) is 0 Å². The molecule has 108 valence electrons. The van der Waals surface area contributed by atoms with Gasteiger partial charge < -0.3 is 9.64 Å². The summed E-state index contributed by atoms with van der Waals surface area (Å²) >= 11 is 0. The van der Waals surface area contributed by atoms with Crippen LogP contribution in [0.2, 0.25) is 0 Å². The van der Waals surface area contributed by atoms with Crippen molar-refractivity contribution in [2.75, 3.05) is 19.7 Å². The lowest BCUT2D eigenvalue weighted by Crippen LogP contribution is -2.37. The lowest BCUT2D eigenvalue weighted by molar-refractivity contribution is -0.148. The summed E-state index contributed by atoms with van der Waals surface area (Å²) in [7, 11) is 0. The first-order valence-electron chi connectivity index (χ1n) is 6.36. The van der Waals surface area contributed by atoms with E-state index in [9.17, 15) is 14.0 Å². The minimum Gasteiger partial charge on any atom is -0.465 e. The van der Waals surface area contributed by atoms with Gasteiger partial charge in [0, 0.05) is 6.54 Å². The molecule has 0 N–H and O–H groups in total. The number of rotatable bonds is 7. The van der Waals surface area contributed by atoms with Crippen LogP contribution in [0.4, 0.5) is 4.39 Å². The van der Waals surface area contributed by atoms with Gasteiger partial charge in [-0.05, 0) is 18.6 Å². The van der Waals surface area contributed by atoms with Crippen LogP contribution in [0.3, 0.4) is 0 Å². The van der Waals surface area contributed by atoms with Crippen LogP contribution in [0.15, 0.2) is 36.9 Å². The van der Waals surface area contributed by atoms with E-state index in [2.05, 4.69) is 6.58 Å². The minimum absolute atomic E-state index is 0.0973. The molecule has 0 heterocycles. The Hall–Kier alpha value is -2.17. The predicted octanol–water partition coefficient (Wildman–Crippen LogP) is 1.95. The largest absolute Gasteiger partial charge is 0.465 e. The molecule has 1 amide bonds. The Balaban J connectivity index is 2.71. The first-order chi connectivity index (χ1) is 9.58. The molecule has 0 aliphatic rings. The smallest absolute Gasteiger partial charge is 0.325 e. The van der Waals surface area contributed by atoms with Crippen LogP contribution in [0.5, 0.6) is 0 Å². The third kappa shape index (κ3) is 4.84. The summed E-state index contributed by atoms with van der Waals surface area (Å²) in [6, 6.07) is 6.06. The second-order valence-corrected chi connectivity index (χ2v) is 4.14. The van der Waals surface area contributed by atoms with Crippen LogP contribution in [0.25, 0.3) is 0 Å². The van der Waals surface area contributed by atoms with Gasteiger partial charge in [0.1, 0.15) is 12.4 Å². The maximum atomic E-state index is 13.5. The summed E-state index contributed by atoms with van der Waals surface area (Å²) in [5, 5.41) is 0. The van der Waals surface area contributed by atoms with Gasteiger partial charge in [-0.15, -0.1) is 6.58 Å². The van der Waals surface area contributed by atoms with Crippen molar-refractivity contribution < 1.29 is 18.7 Å². The highest BCUT2D eigenvalue weighted by molar-refractivity contribution is 5.83.